The fraction of sp³-hybridized carbons (Fsp3) is 0.387. The molecule has 0 aromatic heterocycles. The van der Waals surface area contributed by atoms with Crippen LogP contribution in [0.15, 0.2) is 103 Å². The molecule has 0 bridgehead atoms. The first-order valence-electron chi connectivity index (χ1n) is 27.4. The van der Waals surface area contributed by atoms with Crippen LogP contribution in [-0.2, 0) is 72.4 Å². The van der Waals surface area contributed by atoms with E-state index in [1.165, 1.54) is 12.2 Å². The number of ketones is 1. The SMILES string of the molecule is COc1cc2c(cc1OCc1cc(COc3cc4c(cc3C)C(=O)N3c5ccccc5C[C@H]3C(S(=O)(=O)OC)C4)cc(NC(=O)CCC(C)(C)SSCCCC(=O)CCCN3C(=O)C=CC3=O)c1)CC[C@@H]1Cc3ccccc3N1C2=O. The van der Waals surface area contributed by atoms with E-state index in [4.69, 9.17) is 18.4 Å². The van der Waals surface area contributed by atoms with Gasteiger partial charge >= 0.3 is 0 Å². The molecule has 1 unspecified atom stereocenters. The number of para-hydroxylation sites is 2. The maximum absolute atomic E-state index is 14.4. The molecule has 0 spiro atoms. The third-order valence-corrected chi connectivity index (χ3v) is 20.9. The molecule has 5 heterocycles. The van der Waals surface area contributed by atoms with E-state index in [1.807, 2.05) is 78.6 Å². The highest BCUT2D eigenvalue weighted by Gasteiger charge is 2.48. The summed E-state index contributed by atoms with van der Waals surface area (Å²) in [5.74, 6) is 0.960. The number of rotatable bonds is 23. The maximum atomic E-state index is 14.4. The number of ether oxygens (including phenoxy) is 3. The molecule has 10 rings (SSSR count). The van der Waals surface area contributed by atoms with Crippen LogP contribution in [0.3, 0.4) is 0 Å². The number of benzene rings is 5. The molecule has 81 heavy (non-hydrogen) atoms. The summed E-state index contributed by atoms with van der Waals surface area (Å²) in [6.45, 7) is 6.36. The number of fused-ring (bicyclic) bond motifs is 8. The van der Waals surface area contributed by atoms with Gasteiger partial charge in [0.1, 0.15) is 30.0 Å². The number of methoxy groups -OCH3 is 1. The Kier molecular flexibility index (Phi) is 17.2. The Bertz CT molecular complexity index is 3450. The monoisotopic (exact) mass is 1150 g/mol. The zero-order chi connectivity index (χ0) is 57.2. The summed E-state index contributed by atoms with van der Waals surface area (Å²) < 4.78 is 51.0. The Morgan fingerprint density at radius 1 is 0.704 bits per heavy atom. The van der Waals surface area contributed by atoms with E-state index in [0.29, 0.717) is 107 Å². The van der Waals surface area contributed by atoms with Crippen molar-refractivity contribution in [1.29, 1.82) is 0 Å². The van der Waals surface area contributed by atoms with Gasteiger partial charge in [-0.25, -0.2) is 0 Å². The van der Waals surface area contributed by atoms with Gasteiger partial charge in [-0.1, -0.05) is 58.0 Å². The Balaban J connectivity index is 0.831. The number of hydrogen-bond acceptors (Lipinski definition) is 14. The van der Waals surface area contributed by atoms with E-state index in [-0.39, 0.29) is 78.7 Å². The van der Waals surface area contributed by atoms with Crippen molar-refractivity contribution in [2.45, 2.75) is 127 Å². The molecule has 0 radical (unpaired) electrons. The lowest BCUT2D eigenvalue weighted by molar-refractivity contribution is -0.137. The van der Waals surface area contributed by atoms with Gasteiger partial charge in [0.15, 0.2) is 11.5 Å². The predicted octanol–water partition coefficient (Wildman–Crippen LogP) is 10.1. The van der Waals surface area contributed by atoms with Gasteiger partial charge < -0.3 is 29.3 Å². The fourth-order valence-electron chi connectivity index (χ4n) is 11.6. The second-order valence-corrected chi connectivity index (χ2v) is 26.9. The van der Waals surface area contributed by atoms with Gasteiger partial charge in [-0.3, -0.25) is 37.9 Å². The Morgan fingerprint density at radius 3 is 2.04 bits per heavy atom. The fourth-order valence-corrected chi connectivity index (χ4v) is 15.5. The molecule has 5 amide bonds. The van der Waals surface area contributed by atoms with Gasteiger partial charge in [-0.2, -0.15) is 8.42 Å². The van der Waals surface area contributed by atoms with Gasteiger partial charge in [-0.05, 0) is 166 Å². The number of anilines is 3. The average Bonchev–Trinajstić information content (AvgIpc) is 4.32. The summed E-state index contributed by atoms with van der Waals surface area (Å²) in [5.41, 5.74) is 8.69. The lowest BCUT2D eigenvalue weighted by Crippen LogP contribution is -2.47. The minimum atomic E-state index is -4.10. The smallest absolute Gasteiger partial charge is 0.272 e. The van der Waals surface area contributed by atoms with Gasteiger partial charge in [0, 0.05) is 82.7 Å². The molecule has 3 atom stereocenters. The van der Waals surface area contributed by atoms with Gasteiger partial charge in [-0.15, -0.1) is 0 Å². The molecular formula is C62H66N4O12S3. The van der Waals surface area contributed by atoms with Crippen molar-refractivity contribution >= 4 is 84.1 Å². The largest absolute Gasteiger partial charge is 0.493 e. The summed E-state index contributed by atoms with van der Waals surface area (Å²) >= 11 is 0. The zero-order valence-electron chi connectivity index (χ0n) is 46.1. The first-order valence-corrected chi connectivity index (χ1v) is 31.2. The van der Waals surface area contributed by atoms with E-state index < -0.39 is 21.4 Å². The standard InChI is InChI=1S/C62H66N4O12S3/c1-38-26-48-44(34-56(81(73,74)76-5)52-31-43-13-7-9-17-51(43)66(52)61(48)72)33-53(38)77-36-39-27-40(37-78-55-32-41-18-19-46-30-42-12-6-8-16-50(42)65(46)60(71)49(41)35-54(55)75-4)29-45(28-39)63-57(68)22-23-62(2,3)80-79-25-11-15-47(67)14-10-24-64-58(69)20-21-59(64)70/h6-9,12-13,16-17,20-21,26-29,32-33,35,46,52,56H,10-11,14-15,18-19,22-25,30-31,34,36-37H2,1-5H3,(H,63,68)/t46-,52+,56?/m1/s1. The molecule has 0 fully saturated rings. The van der Waals surface area contributed by atoms with Crippen molar-refractivity contribution in [3.63, 3.8) is 0 Å². The zero-order valence-corrected chi connectivity index (χ0v) is 48.6. The third kappa shape index (κ3) is 12.6. The Labute approximate surface area is 480 Å². The molecule has 5 aromatic rings. The van der Waals surface area contributed by atoms with Crippen molar-refractivity contribution < 1.29 is 55.6 Å². The van der Waals surface area contributed by atoms with Crippen molar-refractivity contribution in [2.75, 3.05) is 41.6 Å². The number of carbonyl (C=O) groups is 6. The molecule has 16 nitrogen and oxygen atoms in total. The normalized spacial score (nSPS) is 18.1. The van der Waals surface area contributed by atoms with Crippen LogP contribution in [0.4, 0.5) is 17.1 Å². The van der Waals surface area contributed by atoms with Crippen LogP contribution in [0.25, 0.3) is 0 Å². The number of nitrogens with zero attached hydrogens (tertiary/aromatic N) is 3. The predicted molar refractivity (Wildman–Crippen MR) is 314 cm³/mol. The second-order valence-electron chi connectivity index (χ2n) is 21.8. The van der Waals surface area contributed by atoms with E-state index in [9.17, 15) is 37.2 Å². The maximum Gasteiger partial charge on any atom is 0.272 e. The van der Waals surface area contributed by atoms with E-state index in [0.717, 1.165) is 53.0 Å². The van der Waals surface area contributed by atoms with Crippen molar-refractivity contribution in [3.05, 3.63) is 153 Å². The molecule has 0 aliphatic carbocycles. The number of nitrogens with one attached hydrogen (secondary N) is 1. The van der Waals surface area contributed by atoms with Crippen LogP contribution in [0, 0.1) is 6.92 Å². The highest BCUT2D eigenvalue weighted by molar-refractivity contribution is 8.77. The summed E-state index contributed by atoms with van der Waals surface area (Å²) in [6.07, 6.45) is 7.80. The molecule has 5 aliphatic rings. The third-order valence-electron chi connectivity index (χ3n) is 15.8. The molecule has 5 aromatic carbocycles. The topological polar surface area (TPSA) is 195 Å². The lowest BCUT2D eigenvalue weighted by atomic mass is 9.97. The molecule has 1 N–H and O–H groups in total. The molecule has 0 saturated carbocycles. The highest BCUT2D eigenvalue weighted by Crippen LogP contribution is 2.44. The van der Waals surface area contributed by atoms with Crippen molar-refractivity contribution in [3.8, 4) is 17.2 Å². The minimum Gasteiger partial charge on any atom is -0.493 e. The van der Waals surface area contributed by atoms with Gasteiger partial charge in [0.05, 0.1) is 20.3 Å². The molecule has 19 heteroatoms. The average molecular weight is 1160 g/mol. The molecule has 5 aliphatic heterocycles. The summed E-state index contributed by atoms with van der Waals surface area (Å²) in [6, 6.07) is 27.7. The van der Waals surface area contributed by atoms with Crippen LogP contribution < -0.4 is 29.3 Å². The van der Waals surface area contributed by atoms with E-state index in [1.54, 1.807) is 51.8 Å². The van der Waals surface area contributed by atoms with Crippen molar-refractivity contribution in [1.82, 2.24) is 4.90 Å². The molecule has 424 valence electrons. The second kappa shape index (κ2) is 24.3. The van der Waals surface area contributed by atoms with Crippen LogP contribution in [0.5, 0.6) is 17.2 Å². The van der Waals surface area contributed by atoms with E-state index >= 15 is 0 Å². The van der Waals surface area contributed by atoms with E-state index in [2.05, 4.69) is 25.2 Å². The Morgan fingerprint density at radius 2 is 1.33 bits per heavy atom. The number of carbonyl (C=O) groups excluding carboxylic acids is 6. The highest BCUT2D eigenvalue weighted by atomic mass is 33.1. The van der Waals surface area contributed by atoms with Crippen LogP contribution in [0.2, 0.25) is 0 Å². The number of aryl methyl sites for hydroxylation is 2. The Hall–Kier alpha value is -6.93. The molecular weight excluding hydrogens is 1090 g/mol. The first kappa shape index (κ1) is 57.3. The number of Topliss-reactive ketones (excluding diaryl/α,β-unsaturated/α-hetero) is 1. The summed E-state index contributed by atoms with van der Waals surface area (Å²) in [7, 11) is 1.93. The van der Waals surface area contributed by atoms with Crippen LogP contribution in [-0.4, -0.2) is 97.2 Å². The van der Waals surface area contributed by atoms with Crippen molar-refractivity contribution in [2.24, 2.45) is 0 Å². The number of amides is 5. The van der Waals surface area contributed by atoms with Gasteiger partial charge in [0.2, 0.25) is 5.91 Å². The number of hydrogen-bond donors (Lipinski definition) is 1. The molecule has 0 saturated heterocycles. The quantitative estimate of drug-likeness (QED) is 0.0281. The first-order chi connectivity index (χ1) is 38.9. The number of imide groups is 1. The van der Waals surface area contributed by atoms with Crippen LogP contribution >= 0.6 is 21.6 Å². The van der Waals surface area contributed by atoms with Crippen LogP contribution in [0.1, 0.15) is 118 Å². The summed E-state index contributed by atoms with van der Waals surface area (Å²) in [5, 5.41) is 2.07. The lowest BCUT2D eigenvalue weighted by Gasteiger charge is -2.28. The van der Waals surface area contributed by atoms with Gasteiger partial charge in [0.25, 0.3) is 33.7 Å². The minimum absolute atomic E-state index is 0.0306. The summed E-state index contributed by atoms with van der Waals surface area (Å²) in [4.78, 5) is 83.2.